The van der Waals surface area contributed by atoms with Crippen LogP contribution >= 0.6 is 15.9 Å². The van der Waals surface area contributed by atoms with Gasteiger partial charge in [0.25, 0.3) is 0 Å². The second kappa shape index (κ2) is 9.89. The number of amides is 2. The van der Waals surface area contributed by atoms with Crippen molar-refractivity contribution >= 4 is 39.2 Å². The number of aromatic nitrogens is 2. The van der Waals surface area contributed by atoms with Gasteiger partial charge in [-0.25, -0.2) is 4.68 Å². The number of carbonyl (C=O) groups excluding carboxylic acids is 2. The van der Waals surface area contributed by atoms with Gasteiger partial charge in [0.2, 0.25) is 11.8 Å². The molecule has 2 amide bonds. The highest BCUT2D eigenvalue weighted by Gasteiger charge is 2.15. The zero-order valence-electron chi connectivity index (χ0n) is 18.1. The molecule has 1 heterocycles. The molecule has 2 aromatic carbocycles. The first-order valence-corrected chi connectivity index (χ1v) is 10.7. The predicted octanol–water partition coefficient (Wildman–Crippen LogP) is 4.07. The van der Waals surface area contributed by atoms with Crippen LogP contribution in [0.2, 0.25) is 0 Å². The Morgan fingerprint density at radius 3 is 2.32 bits per heavy atom. The predicted molar refractivity (Wildman–Crippen MR) is 127 cm³/mol. The van der Waals surface area contributed by atoms with Crippen LogP contribution in [0.15, 0.2) is 53.0 Å². The van der Waals surface area contributed by atoms with E-state index >= 15 is 0 Å². The number of para-hydroxylation sites is 1. The number of nitrogens with zero attached hydrogens (tertiary/aromatic N) is 3. The minimum absolute atomic E-state index is 0.0741. The van der Waals surface area contributed by atoms with Gasteiger partial charge < -0.3 is 10.6 Å². The van der Waals surface area contributed by atoms with Crippen molar-refractivity contribution in [1.29, 1.82) is 0 Å². The molecule has 31 heavy (non-hydrogen) atoms. The lowest BCUT2D eigenvalue weighted by Crippen LogP contribution is -2.36. The summed E-state index contributed by atoms with van der Waals surface area (Å²) in [5.41, 5.74) is 4.48. The van der Waals surface area contributed by atoms with Crippen LogP contribution < -0.4 is 10.6 Å². The Balaban J connectivity index is 1.60. The molecule has 0 aliphatic carbocycles. The SMILES string of the molecule is Cc1cc(NC(=O)CN(C)CC(=O)Nc2ccc(Br)cc2C)n(-c2ccccc2C)n1. The van der Waals surface area contributed by atoms with Crippen molar-refractivity contribution in [3.05, 3.63) is 69.8 Å². The van der Waals surface area contributed by atoms with Gasteiger partial charge in [0.15, 0.2) is 0 Å². The quantitative estimate of drug-likeness (QED) is 0.530. The van der Waals surface area contributed by atoms with Crippen LogP contribution in [0.1, 0.15) is 16.8 Å². The van der Waals surface area contributed by atoms with Gasteiger partial charge in [-0.1, -0.05) is 34.1 Å². The Labute approximate surface area is 190 Å². The number of benzene rings is 2. The van der Waals surface area contributed by atoms with Gasteiger partial charge in [-0.15, -0.1) is 0 Å². The second-order valence-electron chi connectivity index (χ2n) is 7.60. The van der Waals surface area contributed by atoms with E-state index in [9.17, 15) is 9.59 Å². The fourth-order valence-electron chi connectivity index (χ4n) is 3.26. The fourth-order valence-corrected chi connectivity index (χ4v) is 3.73. The highest BCUT2D eigenvalue weighted by atomic mass is 79.9. The molecule has 3 aromatic rings. The summed E-state index contributed by atoms with van der Waals surface area (Å²) in [6.45, 7) is 5.98. The summed E-state index contributed by atoms with van der Waals surface area (Å²) < 4.78 is 2.68. The molecule has 162 valence electrons. The first kappa shape index (κ1) is 22.7. The summed E-state index contributed by atoms with van der Waals surface area (Å²) in [6.07, 6.45) is 0. The first-order valence-electron chi connectivity index (χ1n) is 9.90. The molecule has 2 N–H and O–H groups in total. The maximum absolute atomic E-state index is 12.6. The standard InChI is InChI=1S/C23H26BrN5O2/c1-15-7-5-6-8-20(15)29-21(12-17(3)27-29)26-23(31)14-28(4)13-22(30)25-19-10-9-18(24)11-16(19)2/h5-12H,13-14H2,1-4H3,(H,25,30)(H,26,31). The third kappa shape index (κ3) is 6.02. The molecule has 0 fully saturated rings. The number of nitrogens with one attached hydrogen (secondary N) is 2. The molecule has 8 heteroatoms. The van der Waals surface area contributed by atoms with Crippen molar-refractivity contribution < 1.29 is 9.59 Å². The third-order valence-corrected chi connectivity index (χ3v) is 5.23. The summed E-state index contributed by atoms with van der Waals surface area (Å²) in [5.74, 6) is 0.200. The van der Waals surface area contributed by atoms with E-state index in [0.717, 1.165) is 32.7 Å². The van der Waals surface area contributed by atoms with Crippen molar-refractivity contribution in [2.24, 2.45) is 0 Å². The smallest absolute Gasteiger partial charge is 0.239 e. The van der Waals surface area contributed by atoms with Crippen LogP contribution in [0.3, 0.4) is 0 Å². The van der Waals surface area contributed by atoms with E-state index in [1.165, 1.54) is 0 Å². The second-order valence-corrected chi connectivity index (χ2v) is 8.51. The Bertz CT molecular complexity index is 1110. The number of rotatable bonds is 7. The maximum atomic E-state index is 12.6. The molecular weight excluding hydrogens is 458 g/mol. The van der Waals surface area contributed by atoms with E-state index in [1.807, 2.05) is 69.3 Å². The molecule has 0 unspecified atom stereocenters. The zero-order valence-corrected chi connectivity index (χ0v) is 19.7. The number of hydrogen-bond donors (Lipinski definition) is 2. The average Bonchev–Trinajstić information content (AvgIpc) is 3.03. The lowest BCUT2D eigenvalue weighted by molar-refractivity contribution is -0.119. The van der Waals surface area contributed by atoms with Crippen LogP contribution in [0.4, 0.5) is 11.5 Å². The monoisotopic (exact) mass is 483 g/mol. The van der Waals surface area contributed by atoms with Crippen LogP contribution in [0, 0.1) is 20.8 Å². The van der Waals surface area contributed by atoms with E-state index in [1.54, 1.807) is 16.6 Å². The molecule has 7 nitrogen and oxygen atoms in total. The molecule has 0 aliphatic rings. The minimum atomic E-state index is -0.218. The fraction of sp³-hybridized carbons (Fsp3) is 0.261. The van der Waals surface area contributed by atoms with Crippen molar-refractivity contribution in [3.8, 4) is 5.69 Å². The molecule has 0 aliphatic heterocycles. The van der Waals surface area contributed by atoms with Gasteiger partial charge >= 0.3 is 0 Å². The van der Waals surface area contributed by atoms with E-state index in [4.69, 9.17) is 0 Å². The average molecular weight is 484 g/mol. The summed E-state index contributed by atoms with van der Waals surface area (Å²) in [4.78, 5) is 26.6. The number of likely N-dealkylation sites (N-methyl/N-ethyl adjacent to an activating group) is 1. The van der Waals surface area contributed by atoms with Crippen LogP contribution in [-0.2, 0) is 9.59 Å². The van der Waals surface area contributed by atoms with E-state index < -0.39 is 0 Å². The van der Waals surface area contributed by atoms with E-state index in [-0.39, 0.29) is 24.9 Å². The molecule has 3 rings (SSSR count). The lowest BCUT2D eigenvalue weighted by Gasteiger charge is -2.17. The highest BCUT2D eigenvalue weighted by molar-refractivity contribution is 9.10. The van der Waals surface area contributed by atoms with Gasteiger partial charge in [0.05, 0.1) is 24.5 Å². The molecule has 0 atom stereocenters. The highest BCUT2D eigenvalue weighted by Crippen LogP contribution is 2.21. The van der Waals surface area contributed by atoms with Gasteiger partial charge in [0, 0.05) is 16.2 Å². The van der Waals surface area contributed by atoms with Crippen LogP contribution in [0.25, 0.3) is 5.69 Å². The van der Waals surface area contributed by atoms with Crippen molar-refractivity contribution in [1.82, 2.24) is 14.7 Å². The van der Waals surface area contributed by atoms with Gasteiger partial charge in [-0.3, -0.25) is 14.5 Å². The largest absolute Gasteiger partial charge is 0.325 e. The summed E-state index contributed by atoms with van der Waals surface area (Å²) >= 11 is 3.41. The molecule has 0 radical (unpaired) electrons. The minimum Gasteiger partial charge on any atom is -0.325 e. The number of halogens is 1. The molecule has 0 bridgehead atoms. The summed E-state index contributed by atoms with van der Waals surface area (Å²) in [7, 11) is 1.73. The normalized spacial score (nSPS) is 10.9. The Morgan fingerprint density at radius 2 is 1.65 bits per heavy atom. The Hall–Kier alpha value is -2.97. The number of aryl methyl sites for hydroxylation is 3. The van der Waals surface area contributed by atoms with Crippen LogP contribution in [-0.4, -0.2) is 46.6 Å². The lowest BCUT2D eigenvalue weighted by atomic mass is 10.2. The topological polar surface area (TPSA) is 79.3 Å². The molecule has 0 spiro atoms. The summed E-state index contributed by atoms with van der Waals surface area (Å²) in [6, 6.07) is 15.3. The summed E-state index contributed by atoms with van der Waals surface area (Å²) in [5, 5.41) is 10.3. The van der Waals surface area contributed by atoms with Gasteiger partial charge in [-0.05, 0) is 63.2 Å². The Morgan fingerprint density at radius 1 is 0.968 bits per heavy atom. The molecule has 0 saturated heterocycles. The Kier molecular flexibility index (Phi) is 7.25. The van der Waals surface area contributed by atoms with Gasteiger partial charge in [-0.2, -0.15) is 5.10 Å². The van der Waals surface area contributed by atoms with Gasteiger partial charge in [0.1, 0.15) is 5.82 Å². The number of carbonyl (C=O) groups is 2. The maximum Gasteiger partial charge on any atom is 0.239 e. The van der Waals surface area contributed by atoms with Crippen molar-refractivity contribution in [3.63, 3.8) is 0 Å². The van der Waals surface area contributed by atoms with Crippen molar-refractivity contribution in [2.75, 3.05) is 30.8 Å². The third-order valence-electron chi connectivity index (χ3n) is 4.73. The number of anilines is 2. The molecule has 1 aromatic heterocycles. The molecule has 0 saturated carbocycles. The zero-order chi connectivity index (χ0) is 22.5. The molecular formula is C23H26BrN5O2. The van der Waals surface area contributed by atoms with E-state index in [2.05, 4.69) is 31.7 Å². The number of hydrogen-bond acceptors (Lipinski definition) is 4. The van der Waals surface area contributed by atoms with Crippen molar-refractivity contribution in [2.45, 2.75) is 20.8 Å². The van der Waals surface area contributed by atoms with Crippen LogP contribution in [0.5, 0.6) is 0 Å². The van der Waals surface area contributed by atoms with E-state index in [0.29, 0.717) is 5.82 Å². The first-order chi connectivity index (χ1) is 14.7.